The lowest BCUT2D eigenvalue weighted by atomic mass is 9.97. The van der Waals surface area contributed by atoms with Crippen molar-refractivity contribution in [1.29, 1.82) is 0 Å². The van der Waals surface area contributed by atoms with E-state index in [-0.39, 0.29) is 6.04 Å². The Kier molecular flexibility index (Phi) is 5.33. The average molecular weight is 221 g/mol. The minimum atomic E-state index is 0.273. The van der Waals surface area contributed by atoms with Crippen molar-refractivity contribution in [2.75, 3.05) is 6.61 Å². The fraction of sp³-hybridized carbons (Fsp3) is 0.571. The molecule has 0 bridgehead atoms. The molecule has 0 aliphatic heterocycles. The second-order valence-electron chi connectivity index (χ2n) is 4.49. The van der Waals surface area contributed by atoms with E-state index < -0.39 is 0 Å². The number of ether oxygens (including phenoxy) is 1. The normalized spacial score (nSPS) is 12.8. The summed E-state index contributed by atoms with van der Waals surface area (Å²) < 4.78 is 5.59. The molecule has 1 unspecified atom stereocenters. The predicted octanol–water partition coefficient (Wildman–Crippen LogP) is 3.00. The van der Waals surface area contributed by atoms with Gasteiger partial charge in [-0.1, -0.05) is 32.0 Å². The summed E-state index contributed by atoms with van der Waals surface area (Å²) in [5.41, 5.74) is 7.31. The van der Waals surface area contributed by atoms with Gasteiger partial charge in [-0.05, 0) is 37.3 Å². The summed E-state index contributed by atoms with van der Waals surface area (Å²) in [6.45, 7) is 7.06. The molecule has 2 heteroatoms. The van der Waals surface area contributed by atoms with Gasteiger partial charge in [-0.25, -0.2) is 0 Å². The van der Waals surface area contributed by atoms with E-state index in [9.17, 15) is 0 Å². The zero-order valence-corrected chi connectivity index (χ0v) is 10.6. The van der Waals surface area contributed by atoms with E-state index in [1.807, 2.05) is 19.1 Å². The highest BCUT2D eigenvalue weighted by Crippen LogP contribution is 2.20. The van der Waals surface area contributed by atoms with Gasteiger partial charge in [-0.2, -0.15) is 0 Å². The van der Waals surface area contributed by atoms with Crippen LogP contribution in [0.25, 0.3) is 0 Å². The van der Waals surface area contributed by atoms with E-state index in [1.165, 1.54) is 5.56 Å². The monoisotopic (exact) mass is 221 g/mol. The molecule has 0 amide bonds. The van der Waals surface area contributed by atoms with E-state index in [0.717, 1.165) is 18.6 Å². The van der Waals surface area contributed by atoms with Crippen LogP contribution in [0, 0.1) is 5.92 Å². The van der Waals surface area contributed by atoms with Crippen molar-refractivity contribution >= 4 is 0 Å². The van der Waals surface area contributed by atoms with Crippen LogP contribution >= 0.6 is 0 Å². The Balaban J connectivity index is 2.58. The molecule has 0 heterocycles. The Morgan fingerprint density at radius 1 is 1.25 bits per heavy atom. The third-order valence-electron chi connectivity index (χ3n) is 2.88. The van der Waals surface area contributed by atoms with Crippen molar-refractivity contribution in [1.82, 2.24) is 0 Å². The zero-order chi connectivity index (χ0) is 12.0. The van der Waals surface area contributed by atoms with Gasteiger partial charge < -0.3 is 10.5 Å². The van der Waals surface area contributed by atoms with Crippen LogP contribution in [-0.2, 0) is 6.42 Å². The van der Waals surface area contributed by atoms with Crippen LogP contribution in [0.4, 0.5) is 0 Å². The highest BCUT2D eigenvalue weighted by Gasteiger charge is 2.09. The maximum atomic E-state index is 6.05. The zero-order valence-electron chi connectivity index (χ0n) is 10.6. The molecular formula is C14H23NO. The average Bonchev–Trinajstić information content (AvgIpc) is 2.27. The first-order valence-electron chi connectivity index (χ1n) is 6.11. The fourth-order valence-electron chi connectivity index (χ4n) is 1.66. The van der Waals surface area contributed by atoms with E-state index in [1.54, 1.807) is 0 Å². The molecule has 0 aliphatic rings. The lowest BCUT2D eigenvalue weighted by Gasteiger charge is -2.16. The molecule has 16 heavy (non-hydrogen) atoms. The third-order valence-corrected chi connectivity index (χ3v) is 2.88. The quantitative estimate of drug-likeness (QED) is 0.801. The molecule has 2 nitrogen and oxygen atoms in total. The minimum absolute atomic E-state index is 0.273. The Morgan fingerprint density at radius 3 is 2.56 bits per heavy atom. The number of aryl methyl sites for hydroxylation is 1. The van der Waals surface area contributed by atoms with Crippen molar-refractivity contribution in [3.05, 3.63) is 29.8 Å². The van der Waals surface area contributed by atoms with Gasteiger partial charge >= 0.3 is 0 Å². The topological polar surface area (TPSA) is 35.2 Å². The van der Waals surface area contributed by atoms with Crippen molar-refractivity contribution in [2.24, 2.45) is 11.7 Å². The maximum Gasteiger partial charge on any atom is 0.122 e. The number of benzene rings is 1. The summed E-state index contributed by atoms with van der Waals surface area (Å²) in [6, 6.07) is 8.49. The number of hydrogen-bond donors (Lipinski definition) is 1. The predicted molar refractivity (Wildman–Crippen MR) is 68.7 cm³/mol. The first-order valence-corrected chi connectivity index (χ1v) is 6.11. The molecule has 0 fully saturated rings. The van der Waals surface area contributed by atoms with Crippen LogP contribution in [0.2, 0.25) is 0 Å². The summed E-state index contributed by atoms with van der Waals surface area (Å²) in [4.78, 5) is 0. The molecule has 0 saturated carbocycles. The van der Waals surface area contributed by atoms with E-state index in [4.69, 9.17) is 10.5 Å². The molecule has 0 aliphatic carbocycles. The molecule has 1 aromatic rings. The van der Waals surface area contributed by atoms with Crippen LogP contribution in [0.1, 0.15) is 32.8 Å². The van der Waals surface area contributed by atoms with Crippen LogP contribution < -0.4 is 10.5 Å². The number of para-hydroxylation sites is 1. The Hall–Kier alpha value is -1.02. The van der Waals surface area contributed by atoms with Crippen LogP contribution in [0.15, 0.2) is 24.3 Å². The number of hydrogen-bond acceptors (Lipinski definition) is 2. The molecule has 2 N–H and O–H groups in total. The molecule has 0 saturated heterocycles. The summed E-state index contributed by atoms with van der Waals surface area (Å²) in [5, 5.41) is 0. The molecule has 0 radical (unpaired) electrons. The van der Waals surface area contributed by atoms with E-state index >= 15 is 0 Å². The summed E-state index contributed by atoms with van der Waals surface area (Å²) >= 11 is 0. The van der Waals surface area contributed by atoms with Crippen molar-refractivity contribution in [2.45, 2.75) is 39.7 Å². The van der Waals surface area contributed by atoms with Gasteiger partial charge in [0.1, 0.15) is 5.75 Å². The van der Waals surface area contributed by atoms with Gasteiger partial charge in [0.2, 0.25) is 0 Å². The van der Waals surface area contributed by atoms with Gasteiger partial charge in [0.15, 0.2) is 0 Å². The summed E-state index contributed by atoms with van der Waals surface area (Å²) in [5.74, 6) is 1.54. The van der Waals surface area contributed by atoms with Gasteiger partial charge in [-0.15, -0.1) is 0 Å². The third kappa shape index (κ3) is 3.86. The Labute approximate surface area is 98.8 Å². The highest BCUT2D eigenvalue weighted by molar-refractivity contribution is 5.33. The number of rotatable bonds is 6. The fourth-order valence-corrected chi connectivity index (χ4v) is 1.66. The minimum Gasteiger partial charge on any atom is -0.494 e. The Morgan fingerprint density at radius 2 is 1.94 bits per heavy atom. The van der Waals surface area contributed by atoms with Crippen molar-refractivity contribution in [3.8, 4) is 5.75 Å². The van der Waals surface area contributed by atoms with Gasteiger partial charge in [0.25, 0.3) is 0 Å². The molecule has 1 rings (SSSR count). The van der Waals surface area contributed by atoms with E-state index in [2.05, 4.69) is 26.0 Å². The molecular weight excluding hydrogens is 198 g/mol. The Bertz CT molecular complexity index is 309. The molecule has 0 aromatic heterocycles. The lowest BCUT2D eigenvalue weighted by Crippen LogP contribution is -2.26. The second-order valence-corrected chi connectivity index (χ2v) is 4.49. The largest absolute Gasteiger partial charge is 0.494 e. The highest BCUT2D eigenvalue weighted by atomic mass is 16.5. The van der Waals surface area contributed by atoms with Crippen LogP contribution in [0.5, 0.6) is 5.75 Å². The SMILES string of the molecule is CCOc1ccccc1CCC(N)C(C)C. The lowest BCUT2D eigenvalue weighted by molar-refractivity contribution is 0.335. The van der Waals surface area contributed by atoms with E-state index in [0.29, 0.717) is 12.5 Å². The molecule has 0 spiro atoms. The molecule has 90 valence electrons. The second kappa shape index (κ2) is 6.54. The first kappa shape index (κ1) is 13.0. The van der Waals surface area contributed by atoms with Gasteiger partial charge in [0.05, 0.1) is 6.61 Å². The van der Waals surface area contributed by atoms with Gasteiger partial charge in [-0.3, -0.25) is 0 Å². The smallest absolute Gasteiger partial charge is 0.122 e. The van der Waals surface area contributed by atoms with Crippen LogP contribution in [-0.4, -0.2) is 12.6 Å². The van der Waals surface area contributed by atoms with Crippen molar-refractivity contribution in [3.63, 3.8) is 0 Å². The maximum absolute atomic E-state index is 6.05. The standard InChI is InChI=1S/C14H23NO/c1-4-16-14-8-6-5-7-12(14)9-10-13(15)11(2)3/h5-8,11,13H,4,9-10,15H2,1-3H3. The van der Waals surface area contributed by atoms with Crippen LogP contribution in [0.3, 0.4) is 0 Å². The summed E-state index contributed by atoms with van der Waals surface area (Å²) in [6.07, 6.45) is 2.01. The molecule has 1 atom stereocenters. The van der Waals surface area contributed by atoms with Gasteiger partial charge in [0, 0.05) is 6.04 Å². The molecule has 1 aromatic carbocycles. The van der Waals surface area contributed by atoms with Crippen molar-refractivity contribution < 1.29 is 4.74 Å². The summed E-state index contributed by atoms with van der Waals surface area (Å²) in [7, 11) is 0. The number of nitrogens with two attached hydrogens (primary N) is 1. The first-order chi connectivity index (χ1) is 7.65.